The molecule has 0 aliphatic rings. The molecule has 1 unspecified atom stereocenters. The van der Waals surface area contributed by atoms with Gasteiger partial charge in [-0.3, -0.25) is 0 Å². The average Bonchev–Trinajstić information content (AvgIpc) is 2.38. The minimum atomic E-state index is 0.328. The number of rotatable bonds is 8. The van der Waals surface area contributed by atoms with Crippen LogP contribution in [0.2, 0.25) is 0 Å². The van der Waals surface area contributed by atoms with Gasteiger partial charge in [0.15, 0.2) is 0 Å². The van der Waals surface area contributed by atoms with Gasteiger partial charge in [-0.25, -0.2) is 4.98 Å². The summed E-state index contributed by atoms with van der Waals surface area (Å²) in [5, 5.41) is 3.32. The molecule has 18 heavy (non-hydrogen) atoms. The van der Waals surface area contributed by atoms with Gasteiger partial charge < -0.3 is 15.0 Å². The first-order chi connectivity index (χ1) is 8.72. The third-order valence-corrected chi connectivity index (χ3v) is 2.87. The standard InChI is InChI=1S/C14H25N3O/c1-5-10-15-13-8-7-9-14(16-13)17(6-2)12(3)11-18-4/h7-9,12H,5-6,10-11H2,1-4H3,(H,15,16). The summed E-state index contributed by atoms with van der Waals surface area (Å²) in [5.41, 5.74) is 0. The molecule has 0 amide bonds. The number of aromatic nitrogens is 1. The van der Waals surface area contributed by atoms with Crippen molar-refractivity contribution in [2.75, 3.05) is 37.0 Å². The van der Waals surface area contributed by atoms with E-state index in [1.54, 1.807) is 7.11 Å². The van der Waals surface area contributed by atoms with Gasteiger partial charge in [0.1, 0.15) is 11.6 Å². The van der Waals surface area contributed by atoms with Crippen molar-refractivity contribution in [2.24, 2.45) is 0 Å². The summed E-state index contributed by atoms with van der Waals surface area (Å²) in [5.74, 6) is 1.94. The maximum absolute atomic E-state index is 5.22. The Kier molecular flexibility index (Phi) is 6.50. The fraction of sp³-hybridized carbons (Fsp3) is 0.643. The predicted octanol–water partition coefficient (Wildman–Crippen LogP) is 2.76. The van der Waals surface area contributed by atoms with Gasteiger partial charge in [0.2, 0.25) is 0 Å². The molecule has 1 heterocycles. The largest absolute Gasteiger partial charge is 0.383 e. The number of likely N-dealkylation sites (N-methyl/N-ethyl adjacent to an activating group) is 1. The zero-order valence-electron chi connectivity index (χ0n) is 11.9. The van der Waals surface area contributed by atoms with Gasteiger partial charge in [0, 0.05) is 20.2 Å². The topological polar surface area (TPSA) is 37.4 Å². The minimum Gasteiger partial charge on any atom is -0.383 e. The second-order valence-corrected chi connectivity index (χ2v) is 4.40. The third kappa shape index (κ3) is 4.18. The number of hydrogen-bond donors (Lipinski definition) is 1. The van der Waals surface area contributed by atoms with Gasteiger partial charge >= 0.3 is 0 Å². The highest BCUT2D eigenvalue weighted by molar-refractivity contribution is 5.47. The lowest BCUT2D eigenvalue weighted by molar-refractivity contribution is 0.181. The molecule has 1 aromatic heterocycles. The maximum Gasteiger partial charge on any atom is 0.131 e. The van der Waals surface area contributed by atoms with E-state index < -0.39 is 0 Å². The highest BCUT2D eigenvalue weighted by Gasteiger charge is 2.13. The van der Waals surface area contributed by atoms with Crippen LogP contribution in [0.4, 0.5) is 11.6 Å². The zero-order chi connectivity index (χ0) is 13.4. The van der Waals surface area contributed by atoms with Gasteiger partial charge in [-0.15, -0.1) is 0 Å². The molecule has 0 saturated heterocycles. The molecule has 0 spiro atoms. The van der Waals surface area contributed by atoms with Crippen molar-refractivity contribution < 1.29 is 4.74 Å². The Bertz CT molecular complexity index is 344. The van der Waals surface area contributed by atoms with Crippen molar-refractivity contribution in [3.63, 3.8) is 0 Å². The van der Waals surface area contributed by atoms with E-state index in [1.807, 2.05) is 18.2 Å². The molecular weight excluding hydrogens is 226 g/mol. The first kappa shape index (κ1) is 14.8. The SMILES string of the molecule is CCCNc1cccc(N(CC)C(C)COC)n1. The van der Waals surface area contributed by atoms with Gasteiger partial charge in [-0.2, -0.15) is 0 Å². The van der Waals surface area contributed by atoms with Gasteiger partial charge in [0.25, 0.3) is 0 Å². The van der Waals surface area contributed by atoms with Crippen molar-refractivity contribution in [3.8, 4) is 0 Å². The number of nitrogens with one attached hydrogen (secondary N) is 1. The summed E-state index contributed by atoms with van der Waals surface area (Å²) in [6.07, 6.45) is 1.10. The summed E-state index contributed by atoms with van der Waals surface area (Å²) in [6.45, 7) is 9.03. The molecule has 1 aromatic rings. The molecule has 1 N–H and O–H groups in total. The minimum absolute atomic E-state index is 0.328. The molecule has 4 heteroatoms. The van der Waals surface area contributed by atoms with E-state index in [1.165, 1.54) is 0 Å². The van der Waals surface area contributed by atoms with E-state index in [0.29, 0.717) is 12.6 Å². The van der Waals surface area contributed by atoms with Crippen LogP contribution in [0.15, 0.2) is 18.2 Å². The van der Waals surface area contributed by atoms with Crippen molar-refractivity contribution in [1.29, 1.82) is 0 Å². The Morgan fingerprint density at radius 2 is 2.17 bits per heavy atom. The molecule has 0 saturated carbocycles. The lowest BCUT2D eigenvalue weighted by Gasteiger charge is -2.28. The van der Waals surface area contributed by atoms with Crippen molar-refractivity contribution >= 4 is 11.6 Å². The molecule has 1 atom stereocenters. The fourth-order valence-corrected chi connectivity index (χ4v) is 1.97. The fourth-order valence-electron chi connectivity index (χ4n) is 1.97. The van der Waals surface area contributed by atoms with Crippen LogP contribution in [-0.2, 0) is 4.74 Å². The summed E-state index contributed by atoms with van der Waals surface area (Å²) in [4.78, 5) is 6.89. The van der Waals surface area contributed by atoms with E-state index >= 15 is 0 Å². The number of nitrogens with zero attached hydrogens (tertiary/aromatic N) is 2. The van der Waals surface area contributed by atoms with Crippen LogP contribution in [0.3, 0.4) is 0 Å². The molecule has 0 bridgehead atoms. The zero-order valence-corrected chi connectivity index (χ0v) is 11.9. The number of ether oxygens (including phenoxy) is 1. The summed E-state index contributed by atoms with van der Waals surface area (Å²) < 4.78 is 5.22. The van der Waals surface area contributed by atoms with E-state index in [4.69, 9.17) is 4.74 Å². The quantitative estimate of drug-likeness (QED) is 0.771. The molecular formula is C14H25N3O. The second-order valence-electron chi connectivity index (χ2n) is 4.40. The normalized spacial score (nSPS) is 12.2. The van der Waals surface area contributed by atoms with Crippen LogP contribution < -0.4 is 10.2 Å². The van der Waals surface area contributed by atoms with E-state index in [0.717, 1.165) is 31.1 Å². The summed E-state index contributed by atoms with van der Waals surface area (Å²) in [7, 11) is 1.73. The number of anilines is 2. The van der Waals surface area contributed by atoms with Gasteiger partial charge in [0.05, 0.1) is 12.6 Å². The Labute approximate surface area is 110 Å². The highest BCUT2D eigenvalue weighted by atomic mass is 16.5. The Balaban J connectivity index is 2.78. The maximum atomic E-state index is 5.22. The Hall–Kier alpha value is -1.29. The molecule has 0 radical (unpaired) electrons. The summed E-state index contributed by atoms with van der Waals surface area (Å²) in [6, 6.07) is 6.43. The molecule has 102 valence electrons. The monoisotopic (exact) mass is 251 g/mol. The van der Waals surface area contributed by atoms with Crippen LogP contribution in [0.25, 0.3) is 0 Å². The van der Waals surface area contributed by atoms with Crippen molar-refractivity contribution in [3.05, 3.63) is 18.2 Å². The number of methoxy groups -OCH3 is 1. The van der Waals surface area contributed by atoms with Crippen LogP contribution in [0.5, 0.6) is 0 Å². The van der Waals surface area contributed by atoms with Crippen molar-refractivity contribution in [2.45, 2.75) is 33.2 Å². The lowest BCUT2D eigenvalue weighted by Crippen LogP contribution is -2.36. The van der Waals surface area contributed by atoms with Crippen LogP contribution >= 0.6 is 0 Å². The Morgan fingerprint density at radius 3 is 2.78 bits per heavy atom. The van der Waals surface area contributed by atoms with Crippen molar-refractivity contribution in [1.82, 2.24) is 4.98 Å². The number of hydrogen-bond acceptors (Lipinski definition) is 4. The highest BCUT2D eigenvalue weighted by Crippen LogP contribution is 2.16. The Morgan fingerprint density at radius 1 is 1.39 bits per heavy atom. The number of pyridine rings is 1. The molecule has 1 rings (SSSR count). The molecule has 0 aromatic carbocycles. The van der Waals surface area contributed by atoms with E-state index in [2.05, 4.69) is 36.0 Å². The molecule has 4 nitrogen and oxygen atoms in total. The van der Waals surface area contributed by atoms with Crippen LogP contribution in [0.1, 0.15) is 27.2 Å². The van der Waals surface area contributed by atoms with Crippen LogP contribution in [-0.4, -0.2) is 37.8 Å². The summed E-state index contributed by atoms with van der Waals surface area (Å²) >= 11 is 0. The molecule has 0 aliphatic carbocycles. The van der Waals surface area contributed by atoms with Crippen LogP contribution in [0, 0.1) is 0 Å². The third-order valence-electron chi connectivity index (χ3n) is 2.87. The second kappa shape index (κ2) is 7.93. The predicted molar refractivity (Wildman–Crippen MR) is 77.4 cm³/mol. The lowest BCUT2D eigenvalue weighted by atomic mass is 10.3. The van der Waals surface area contributed by atoms with Gasteiger partial charge in [-0.05, 0) is 32.4 Å². The van der Waals surface area contributed by atoms with Gasteiger partial charge in [-0.1, -0.05) is 13.0 Å². The average molecular weight is 251 g/mol. The molecule has 0 fully saturated rings. The first-order valence-electron chi connectivity index (χ1n) is 6.69. The van der Waals surface area contributed by atoms with E-state index in [-0.39, 0.29) is 0 Å². The first-order valence-corrected chi connectivity index (χ1v) is 6.69. The smallest absolute Gasteiger partial charge is 0.131 e. The van der Waals surface area contributed by atoms with E-state index in [9.17, 15) is 0 Å². The molecule has 0 aliphatic heterocycles.